The zero-order valence-corrected chi connectivity index (χ0v) is 8.24. The molecule has 0 aliphatic heterocycles. The van der Waals surface area contributed by atoms with E-state index in [0.717, 1.165) is 0 Å². The van der Waals surface area contributed by atoms with E-state index in [0.29, 0.717) is 6.67 Å². The molecule has 0 N–H and O–H groups in total. The van der Waals surface area contributed by atoms with Crippen molar-refractivity contribution in [1.29, 1.82) is 0 Å². The van der Waals surface area contributed by atoms with Crippen LogP contribution in [0.25, 0.3) is 0 Å². The number of aromatic nitrogens is 1. The third kappa shape index (κ3) is 3.03. The Bertz CT molecular complexity index is 276. The highest BCUT2D eigenvalue weighted by Gasteiger charge is 2.10. The minimum atomic E-state index is -0.0713. The molecule has 3 nitrogen and oxygen atoms in total. The lowest BCUT2D eigenvalue weighted by atomic mass is 10.5. The number of hydrogen-bond acceptors (Lipinski definition) is 1. The molecule has 1 heterocycles. The number of hydrogen-bond donors (Lipinski definition) is 0. The Morgan fingerprint density at radius 2 is 2.00 bits per heavy atom. The second kappa shape index (κ2) is 4.82. The van der Waals surface area contributed by atoms with E-state index in [1.54, 1.807) is 11.9 Å². The molecule has 0 atom stereocenters. The number of carbonyl (C=O) groups excluding carboxylic acids is 1. The van der Waals surface area contributed by atoms with Crippen LogP contribution in [0.2, 0.25) is 0 Å². The summed E-state index contributed by atoms with van der Waals surface area (Å²) in [4.78, 5) is 12.7. The first-order valence-electron chi connectivity index (χ1n) is 3.98. The van der Waals surface area contributed by atoms with Crippen LogP contribution >= 0.6 is 11.6 Å². The predicted molar refractivity (Wildman–Crippen MR) is 50.1 cm³/mol. The minimum Gasteiger partial charge on any atom is -0.289 e. The molecule has 1 aromatic rings. The molecular formula is C9H12ClN2O+. The summed E-state index contributed by atoms with van der Waals surface area (Å²) in [6, 6.07) is 5.76. The van der Waals surface area contributed by atoms with Crippen molar-refractivity contribution in [1.82, 2.24) is 4.90 Å². The lowest BCUT2D eigenvalue weighted by molar-refractivity contribution is -0.711. The maximum Gasteiger partial charge on any atom is 0.242 e. The molecule has 0 bridgehead atoms. The molecule has 70 valence electrons. The molecule has 1 aromatic heterocycles. The quantitative estimate of drug-likeness (QED) is 0.518. The molecule has 0 radical (unpaired) electrons. The van der Waals surface area contributed by atoms with Gasteiger partial charge in [0.1, 0.15) is 5.88 Å². The Kier molecular flexibility index (Phi) is 3.71. The number of alkyl halides is 1. The number of amides is 1. The fourth-order valence-electron chi connectivity index (χ4n) is 0.954. The van der Waals surface area contributed by atoms with E-state index in [4.69, 9.17) is 11.6 Å². The van der Waals surface area contributed by atoms with Crippen LogP contribution in [0.1, 0.15) is 0 Å². The van der Waals surface area contributed by atoms with Crippen molar-refractivity contribution >= 4 is 17.5 Å². The average molecular weight is 200 g/mol. The van der Waals surface area contributed by atoms with Crippen LogP contribution in [0, 0.1) is 0 Å². The number of nitrogens with zero attached hydrogens (tertiary/aromatic N) is 2. The average Bonchev–Trinajstić information content (AvgIpc) is 2.18. The van der Waals surface area contributed by atoms with Crippen LogP contribution in [-0.2, 0) is 11.5 Å². The third-order valence-corrected chi connectivity index (χ3v) is 1.92. The van der Waals surface area contributed by atoms with E-state index >= 15 is 0 Å². The van der Waals surface area contributed by atoms with E-state index in [2.05, 4.69) is 0 Å². The van der Waals surface area contributed by atoms with Gasteiger partial charge in [0.2, 0.25) is 12.6 Å². The second-order valence-electron chi connectivity index (χ2n) is 2.76. The van der Waals surface area contributed by atoms with Crippen LogP contribution < -0.4 is 4.57 Å². The summed E-state index contributed by atoms with van der Waals surface area (Å²) < 4.78 is 1.91. The fraction of sp³-hybridized carbons (Fsp3) is 0.333. The van der Waals surface area contributed by atoms with Gasteiger partial charge < -0.3 is 0 Å². The molecule has 0 saturated heterocycles. The van der Waals surface area contributed by atoms with Crippen LogP contribution in [0.5, 0.6) is 0 Å². The highest BCUT2D eigenvalue weighted by molar-refractivity contribution is 6.27. The van der Waals surface area contributed by atoms with Gasteiger partial charge >= 0.3 is 0 Å². The highest BCUT2D eigenvalue weighted by atomic mass is 35.5. The van der Waals surface area contributed by atoms with Crippen LogP contribution in [0.15, 0.2) is 30.6 Å². The Balaban J connectivity index is 2.55. The summed E-state index contributed by atoms with van der Waals surface area (Å²) in [6.45, 7) is 0.534. The SMILES string of the molecule is CN(C[n+]1ccccc1)C(=O)CCl. The molecule has 0 aliphatic rings. The molecule has 0 aromatic carbocycles. The first kappa shape index (κ1) is 9.99. The normalized spacial score (nSPS) is 9.69. The van der Waals surface area contributed by atoms with Gasteiger partial charge in [0.15, 0.2) is 12.4 Å². The first-order valence-corrected chi connectivity index (χ1v) is 4.51. The summed E-state index contributed by atoms with van der Waals surface area (Å²) in [5.41, 5.74) is 0. The smallest absolute Gasteiger partial charge is 0.242 e. The van der Waals surface area contributed by atoms with Gasteiger partial charge in [0, 0.05) is 19.2 Å². The van der Waals surface area contributed by atoms with Gasteiger partial charge in [0.25, 0.3) is 0 Å². The fourth-order valence-corrected chi connectivity index (χ4v) is 1.16. The summed E-state index contributed by atoms with van der Waals surface area (Å²) >= 11 is 5.41. The number of pyridine rings is 1. The summed E-state index contributed by atoms with van der Waals surface area (Å²) in [5, 5.41) is 0. The summed E-state index contributed by atoms with van der Waals surface area (Å²) in [6.07, 6.45) is 3.80. The van der Waals surface area contributed by atoms with Gasteiger partial charge in [-0.05, 0) is 0 Å². The Hall–Kier alpha value is -1.09. The number of rotatable bonds is 3. The Labute approximate surface area is 82.5 Å². The van der Waals surface area contributed by atoms with Crippen molar-refractivity contribution in [2.45, 2.75) is 6.67 Å². The molecule has 0 saturated carbocycles. The summed E-state index contributed by atoms with van der Waals surface area (Å²) in [7, 11) is 1.73. The highest BCUT2D eigenvalue weighted by Crippen LogP contribution is 1.87. The molecule has 4 heteroatoms. The van der Waals surface area contributed by atoms with Crippen LogP contribution in [-0.4, -0.2) is 23.7 Å². The van der Waals surface area contributed by atoms with Gasteiger partial charge in [-0.2, -0.15) is 4.57 Å². The Morgan fingerprint density at radius 1 is 1.38 bits per heavy atom. The van der Waals surface area contributed by atoms with Gasteiger partial charge in [0.05, 0.1) is 0 Å². The Morgan fingerprint density at radius 3 is 2.54 bits per heavy atom. The topological polar surface area (TPSA) is 24.2 Å². The number of halogens is 1. The zero-order valence-electron chi connectivity index (χ0n) is 7.48. The second-order valence-corrected chi connectivity index (χ2v) is 3.02. The number of carbonyl (C=O) groups is 1. The van der Waals surface area contributed by atoms with Crippen molar-refractivity contribution in [2.75, 3.05) is 12.9 Å². The van der Waals surface area contributed by atoms with E-state index in [1.807, 2.05) is 35.2 Å². The molecular weight excluding hydrogens is 188 g/mol. The monoisotopic (exact) mass is 199 g/mol. The minimum absolute atomic E-state index is 0.0316. The molecule has 0 fully saturated rings. The van der Waals surface area contributed by atoms with E-state index in [1.165, 1.54) is 0 Å². The molecule has 1 amide bonds. The van der Waals surface area contributed by atoms with E-state index < -0.39 is 0 Å². The molecule has 13 heavy (non-hydrogen) atoms. The van der Waals surface area contributed by atoms with Gasteiger partial charge in [-0.3, -0.25) is 9.69 Å². The molecule has 0 spiro atoms. The van der Waals surface area contributed by atoms with Crippen molar-refractivity contribution in [2.24, 2.45) is 0 Å². The van der Waals surface area contributed by atoms with Crippen molar-refractivity contribution < 1.29 is 9.36 Å². The molecule has 0 unspecified atom stereocenters. The maximum absolute atomic E-state index is 11.1. The standard InChI is InChI=1S/C9H12ClN2O/c1-11(9(13)7-10)8-12-5-3-2-4-6-12/h2-6H,7-8H2,1H3/q+1. The molecule has 0 aliphatic carbocycles. The largest absolute Gasteiger partial charge is 0.289 e. The van der Waals surface area contributed by atoms with Crippen molar-refractivity contribution in [3.8, 4) is 0 Å². The first-order chi connectivity index (χ1) is 6.24. The zero-order chi connectivity index (χ0) is 9.68. The third-order valence-electron chi connectivity index (χ3n) is 1.69. The van der Waals surface area contributed by atoms with Crippen molar-refractivity contribution in [3.63, 3.8) is 0 Å². The lowest BCUT2D eigenvalue weighted by Gasteiger charge is -2.10. The van der Waals surface area contributed by atoms with Crippen molar-refractivity contribution in [3.05, 3.63) is 30.6 Å². The predicted octanol–water partition coefficient (Wildman–Crippen LogP) is 0.629. The van der Waals surface area contributed by atoms with Gasteiger partial charge in [-0.1, -0.05) is 6.07 Å². The van der Waals surface area contributed by atoms with Crippen LogP contribution in [0.4, 0.5) is 0 Å². The summed E-state index contributed by atoms with van der Waals surface area (Å²) in [5.74, 6) is -0.0396. The van der Waals surface area contributed by atoms with Gasteiger partial charge in [-0.25, -0.2) is 0 Å². The molecule has 1 rings (SSSR count). The van der Waals surface area contributed by atoms with Gasteiger partial charge in [-0.15, -0.1) is 11.6 Å². The van der Waals surface area contributed by atoms with E-state index in [-0.39, 0.29) is 11.8 Å². The maximum atomic E-state index is 11.1. The van der Waals surface area contributed by atoms with E-state index in [9.17, 15) is 4.79 Å². The lowest BCUT2D eigenvalue weighted by Crippen LogP contribution is -2.44. The van der Waals surface area contributed by atoms with Crippen LogP contribution in [0.3, 0.4) is 0 Å².